The summed E-state index contributed by atoms with van der Waals surface area (Å²) in [5, 5.41) is 9.99. The standard InChI is InChI=1S/C9H15FO3.K/c1-9(2,3)8(13)6(10)4-5-7(11)12;/h6H,4-5H2,1-3H3,(H,11,12);/q;+1/p-1. The molecule has 0 aromatic carbocycles. The predicted octanol–water partition coefficient (Wildman–Crippen LogP) is -2.53. The number of ketones is 1. The number of aliphatic carboxylic acids is 1. The van der Waals surface area contributed by atoms with Gasteiger partial charge in [0.2, 0.25) is 0 Å². The summed E-state index contributed by atoms with van der Waals surface area (Å²) in [6.45, 7) is 4.79. The van der Waals surface area contributed by atoms with Crippen LogP contribution < -0.4 is 56.5 Å². The zero-order valence-electron chi connectivity index (χ0n) is 9.09. The number of carbonyl (C=O) groups is 2. The number of hydrogen-bond acceptors (Lipinski definition) is 3. The van der Waals surface area contributed by atoms with Gasteiger partial charge in [-0.1, -0.05) is 20.8 Å². The minimum Gasteiger partial charge on any atom is -0.550 e. The number of Topliss-reactive ketones (excluding diaryl/α,β-unsaturated/α-hetero) is 1. The van der Waals surface area contributed by atoms with E-state index in [-0.39, 0.29) is 57.8 Å². The molecule has 76 valence electrons. The third-order valence-corrected chi connectivity index (χ3v) is 1.63. The number of alkyl halides is 1. The fourth-order valence-electron chi connectivity index (χ4n) is 0.846. The number of halogens is 1. The summed E-state index contributed by atoms with van der Waals surface area (Å²) < 4.78 is 13.0. The third-order valence-electron chi connectivity index (χ3n) is 1.63. The number of carboxylic acids is 1. The topological polar surface area (TPSA) is 57.2 Å². The molecule has 0 aromatic heterocycles. The van der Waals surface area contributed by atoms with E-state index in [0.29, 0.717) is 0 Å². The maximum atomic E-state index is 13.0. The van der Waals surface area contributed by atoms with Crippen LogP contribution in [0.15, 0.2) is 0 Å². The summed E-state index contributed by atoms with van der Waals surface area (Å²) in [5.74, 6) is -1.89. The summed E-state index contributed by atoms with van der Waals surface area (Å²) in [5.41, 5.74) is -0.759. The monoisotopic (exact) mass is 228 g/mol. The van der Waals surface area contributed by atoms with Crippen molar-refractivity contribution >= 4 is 11.8 Å². The van der Waals surface area contributed by atoms with Crippen LogP contribution in [0.25, 0.3) is 0 Å². The van der Waals surface area contributed by atoms with Crippen LogP contribution in [0.4, 0.5) is 4.39 Å². The second-order valence-corrected chi connectivity index (χ2v) is 3.99. The first-order valence-corrected chi connectivity index (χ1v) is 4.13. The molecule has 0 rings (SSSR count). The minimum atomic E-state index is -1.70. The Hall–Kier alpha value is 0.706. The molecule has 0 spiro atoms. The van der Waals surface area contributed by atoms with Crippen LogP contribution in [0.2, 0.25) is 0 Å². The van der Waals surface area contributed by atoms with E-state index in [0.717, 1.165) is 0 Å². The van der Waals surface area contributed by atoms with Crippen molar-refractivity contribution in [2.75, 3.05) is 0 Å². The van der Waals surface area contributed by atoms with Crippen molar-refractivity contribution in [2.24, 2.45) is 5.41 Å². The quantitative estimate of drug-likeness (QED) is 0.499. The van der Waals surface area contributed by atoms with Crippen LogP contribution in [-0.4, -0.2) is 17.9 Å². The van der Waals surface area contributed by atoms with Crippen molar-refractivity contribution in [2.45, 2.75) is 39.8 Å². The minimum absolute atomic E-state index is 0. The molecular formula is C9H14FKO3. The molecule has 0 fully saturated rings. The maximum absolute atomic E-state index is 13.0. The number of rotatable bonds is 4. The molecule has 5 heteroatoms. The van der Waals surface area contributed by atoms with E-state index in [9.17, 15) is 19.1 Å². The summed E-state index contributed by atoms with van der Waals surface area (Å²) in [7, 11) is 0. The zero-order valence-corrected chi connectivity index (χ0v) is 12.2. The molecule has 0 aliphatic heterocycles. The van der Waals surface area contributed by atoms with Crippen LogP contribution in [0.1, 0.15) is 33.6 Å². The summed E-state index contributed by atoms with van der Waals surface area (Å²) in [4.78, 5) is 21.2. The van der Waals surface area contributed by atoms with Gasteiger partial charge in [0, 0.05) is 11.4 Å². The van der Waals surface area contributed by atoms with Gasteiger partial charge < -0.3 is 9.90 Å². The molecule has 0 amide bonds. The van der Waals surface area contributed by atoms with E-state index in [4.69, 9.17) is 0 Å². The van der Waals surface area contributed by atoms with E-state index in [1.165, 1.54) is 0 Å². The molecule has 0 aromatic rings. The van der Waals surface area contributed by atoms with Gasteiger partial charge >= 0.3 is 51.4 Å². The van der Waals surface area contributed by atoms with E-state index >= 15 is 0 Å². The Morgan fingerprint density at radius 3 is 2.07 bits per heavy atom. The molecule has 1 atom stereocenters. The normalized spacial score (nSPS) is 12.9. The molecule has 0 heterocycles. The van der Waals surface area contributed by atoms with Gasteiger partial charge in [0.15, 0.2) is 12.0 Å². The van der Waals surface area contributed by atoms with Crippen LogP contribution in [0, 0.1) is 5.41 Å². The third kappa shape index (κ3) is 7.06. The van der Waals surface area contributed by atoms with Crippen molar-refractivity contribution < 1.29 is 70.5 Å². The number of hydrogen-bond donors (Lipinski definition) is 0. The van der Waals surface area contributed by atoms with Gasteiger partial charge in [-0.2, -0.15) is 0 Å². The molecule has 0 aliphatic carbocycles. The van der Waals surface area contributed by atoms with Crippen LogP contribution in [0.3, 0.4) is 0 Å². The molecular weight excluding hydrogens is 214 g/mol. The first kappa shape index (κ1) is 17.1. The first-order valence-electron chi connectivity index (χ1n) is 4.13. The molecule has 0 saturated carbocycles. The Morgan fingerprint density at radius 2 is 1.79 bits per heavy atom. The number of carboxylic acid groups (broad SMARTS) is 1. The molecule has 0 saturated heterocycles. The largest absolute Gasteiger partial charge is 1.00 e. The van der Waals surface area contributed by atoms with Crippen LogP contribution in [0.5, 0.6) is 0 Å². The molecule has 0 bridgehead atoms. The van der Waals surface area contributed by atoms with Crippen molar-refractivity contribution in [3.8, 4) is 0 Å². The van der Waals surface area contributed by atoms with Gasteiger partial charge in [-0.05, 0) is 12.8 Å². The Bertz CT molecular complexity index is 211. The van der Waals surface area contributed by atoms with Crippen molar-refractivity contribution in [3.05, 3.63) is 0 Å². The second kappa shape index (κ2) is 7.06. The molecule has 0 N–H and O–H groups in total. The average molecular weight is 228 g/mol. The first-order chi connectivity index (χ1) is 5.75. The van der Waals surface area contributed by atoms with Crippen LogP contribution in [-0.2, 0) is 9.59 Å². The fourth-order valence-corrected chi connectivity index (χ4v) is 0.846. The van der Waals surface area contributed by atoms with Gasteiger partial charge in [0.25, 0.3) is 0 Å². The van der Waals surface area contributed by atoms with Crippen LogP contribution >= 0.6 is 0 Å². The molecule has 0 radical (unpaired) electrons. The fraction of sp³-hybridized carbons (Fsp3) is 0.778. The van der Waals surface area contributed by atoms with Gasteiger partial charge in [-0.3, -0.25) is 4.79 Å². The van der Waals surface area contributed by atoms with E-state index in [2.05, 4.69) is 0 Å². The summed E-state index contributed by atoms with van der Waals surface area (Å²) in [6.07, 6.45) is -2.40. The molecule has 14 heavy (non-hydrogen) atoms. The van der Waals surface area contributed by atoms with Gasteiger partial charge in [-0.15, -0.1) is 0 Å². The van der Waals surface area contributed by atoms with Crippen molar-refractivity contribution in [1.29, 1.82) is 0 Å². The Kier molecular flexibility index (Phi) is 8.63. The average Bonchev–Trinajstić information content (AvgIpc) is 1.96. The molecule has 0 aliphatic rings. The smallest absolute Gasteiger partial charge is 0.550 e. The molecule has 3 nitrogen and oxygen atoms in total. The van der Waals surface area contributed by atoms with Gasteiger partial charge in [0.05, 0.1) is 0 Å². The summed E-state index contributed by atoms with van der Waals surface area (Å²) in [6, 6.07) is 0. The van der Waals surface area contributed by atoms with Gasteiger partial charge in [0.1, 0.15) is 0 Å². The zero-order chi connectivity index (χ0) is 10.6. The Balaban J connectivity index is 0. The van der Waals surface area contributed by atoms with E-state index in [1.54, 1.807) is 20.8 Å². The second-order valence-electron chi connectivity index (χ2n) is 3.99. The van der Waals surface area contributed by atoms with E-state index < -0.39 is 29.8 Å². The predicted molar refractivity (Wildman–Crippen MR) is 43.6 cm³/mol. The SMILES string of the molecule is CC(C)(C)C(=O)C(F)CCC(=O)[O-].[K+]. The summed E-state index contributed by atoms with van der Waals surface area (Å²) >= 11 is 0. The van der Waals surface area contributed by atoms with Crippen molar-refractivity contribution in [1.82, 2.24) is 0 Å². The molecule has 1 unspecified atom stereocenters. The van der Waals surface area contributed by atoms with E-state index in [1.807, 2.05) is 0 Å². The Labute approximate surface area is 126 Å². The van der Waals surface area contributed by atoms with Crippen molar-refractivity contribution in [3.63, 3.8) is 0 Å². The number of carbonyl (C=O) groups excluding carboxylic acids is 2. The van der Waals surface area contributed by atoms with Gasteiger partial charge in [-0.25, -0.2) is 4.39 Å². The Morgan fingerprint density at radius 1 is 1.36 bits per heavy atom. The maximum Gasteiger partial charge on any atom is 1.00 e.